The van der Waals surface area contributed by atoms with Gasteiger partial charge in [-0.25, -0.2) is 0 Å². The first-order chi connectivity index (χ1) is 14.4. The van der Waals surface area contributed by atoms with Crippen molar-refractivity contribution in [2.24, 2.45) is 0 Å². The summed E-state index contributed by atoms with van der Waals surface area (Å²) in [4.78, 5) is 23.1. The number of hydrogen-bond acceptors (Lipinski definition) is 6. The molecule has 9 nitrogen and oxygen atoms in total. The number of aromatic nitrogens is 2. The standard InChI is InChI=1S/C20H19ClN4O5/c1-13-17(21)12-24(23-13)8-7-20(26)22-14-9-15(25(27)28)11-16(10-14)30-19-6-4-3-5-18(19)29-2/h3-6,9-12H,7-8H2,1-2H3,(H,22,26). The van der Waals surface area contributed by atoms with Crippen molar-refractivity contribution in [3.63, 3.8) is 0 Å². The number of nitro groups is 1. The molecule has 0 atom stereocenters. The Balaban J connectivity index is 1.75. The van der Waals surface area contributed by atoms with Crippen molar-refractivity contribution in [2.75, 3.05) is 12.4 Å². The van der Waals surface area contributed by atoms with E-state index in [9.17, 15) is 14.9 Å². The number of rotatable bonds is 8. The van der Waals surface area contributed by atoms with E-state index in [1.54, 1.807) is 42.1 Å². The Kier molecular flexibility index (Phi) is 6.53. The van der Waals surface area contributed by atoms with E-state index in [2.05, 4.69) is 10.4 Å². The molecule has 0 saturated heterocycles. The second-order valence-electron chi connectivity index (χ2n) is 6.35. The van der Waals surface area contributed by atoms with Crippen molar-refractivity contribution in [1.82, 2.24) is 9.78 Å². The number of nitro benzene ring substituents is 1. The molecule has 156 valence electrons. The predicted molar refractivity (Wildman–Crippen MR) is 111 cm³/mol. The molecule has 1 amide bonds. The van der Waals surface area contributed by atoms with Crippen LogP contribution in [0, 0.1) is 17.0 Å². The SMILES string of the molecule is COc1ccccc1Oc1cc(NC(=O)CCn2cc(Cl)c(C)n2)cc([N+](=O)[O-])c1. The van der Waals surface area contributed by atoms with Crippen LogP contribution in [-0.2, 0) is 11.3 Å². The molecule has 0 aliphatic carbocycles. The van der Waals surface area contributed by atoms with Crippen LogP contribution in [-0.4, -0.2) is 27.7 Å². The van der Waals surface area contributed by atoms with Gasteiger partial charge in [0.25, 0.3) is 5.69 Å². The van der Waals surface area contributed by atoms with E-state index >= 15 is 0 Å². The van der Waals surface area contributed by atoms with Crippen LogP contribution in [0.1, 0.15) is 12.1 Å². The summed E-state index contributed by atoms with van der Waals surface area (Å²) < 4.78 is 12.5. The number of anilines is 1. The van der Waals surface area contributed by atoms with Gasteiger partial charge in [0, 0.05) is 31.3 Å². The number of carbonyl (C=O) groups is 1. The highest BCUT2D eigenvalue weighted by molar-refractivity contribution is 6.31. The third-order valence-corrected chi connectivity index (χ3v) is 4.51. The summed E-state index contributed by atoms with van der Waals surface area (Å²) in [7, 11) is 1.50. The third-order valence-electron chi connectivity index (χ3n) is 4.14. The highest BCUT2D eigenvalue weighted by Gasteiger charge is 2.15. The largest absolute Gasteiger partial charge is 0.493 e. The zero-order valence-corrected chi connectivity index (χ0v) is 17.0. The summed E-state index contributed by atoms with van der Waals surface area (Å²) in [5.41, 5.74) is 0.704. The number of amides is 1. The molecule has 0 saturated carbocycles. The average molecular weight is 431 g/mol. The Morgan fingerprint density at radius 2 is 2.00 bits per heavy atom. The summed E-state index contributed by atoms with van der Waals surface area (Å²) in [6, 6.07) is 11.0. The molecule has 0 spiro atoms. The van der Waals surface area contributed by atoms with Gasteiger partial charge in [-0.2, -0.15) is 5.10 Å². The Bertz CT molecular complexity index is 1060. The number of aryl methyl sites for hydroxylation is 2. The van der Waals surface area contributed by atoms with E-state index in [4.69, 9.17) is 21.1 Å². The smallest absolute Gasteiger partial charge is 0.275 e. The molecule has 0 fully saturated rings. The van der Waals surface area contributed by atoms with Gasteiger partial charge >= 0.3 is 0 Å². The zero-order valence-electron chi connectivity index (χ0n) is 16.3. The summed E-state index contributed by atoms with van der Waals surface area (Å²) in [6.45, 7) is 2.09. The second kappa shape index (κ2) is 9.27. The second-order valence-corrected chi connectivity index (χ2v) is 6.76. The number of non-ortho nitro benzene ring substituents is 1. The Hall–Kier alpha value is -3.59. The van der Waals surface area contributed by atoms with Crippen LogP contribution in [0.15, 0.2) is 48.7 Å². The third kappa shape index (κ3) is 5.26. The van der Waals surface area contributed by atoms with Crippen molar-refractivity contribution in [3.8, 4) is 17.2 Å². The van der Waals surface area contributed by atoms with Gasteiger partial charge in [0.1, 0.15) is 5.75 Å². The lowest BCUT2D eigenvalue weighted by Crippen LogP contribution is -2.15. The van der Waals surface area contributed by atoms with Crippen LogP contribution in [0.3, 0.4) is 0 Å². The molecule has 10 heteroatoms. The maximum absolute atomic E-state index is 12.3. The van der Waals surface area contributed by atoms with E-state index < -0.39 is 4.92 Å². The fraction of sp³-hybridized carbons (Fsp3) is 0.200. The first kappa shape index (κ1) is 21.1. The number of nitrogens with one attached hydrogen (secondary N) is 1. The average Bonchev–Trinajstić information content (AvgIpc) is 3.04. The molecule has 30 heavy (non-hydrogen) atoms. The highest BCUT2D eigenvalue weighted by atomic mass is 35.5. The van der Waals surface area contributed by atoms with Crippen LogP contribution in [0.5, 0.6) is 17.2 Å². The summed E-state index contributed by atoms with van der Waals surface area (Å²) in [5.74, 6) is 0.730. The van der Waals surface area contributed by atoms with E-state index in [1.807, 2.05) is 0 Å². The fourth-order valence-electron chi connectivity index (χ4n) is 2.70. The van der Waals surface area contributed by atoms with Crippen molar-refractivity contribution in [3.05, 3.63) is 69.5 Å². The minimum absolute atomic E-state index is 0.114. The van der Waals surface area contributed by atoms with Crippen LogP contribution in [0.2, 0.25) is 5.02 Å². The monoisotopic (exact) mass is 430 g/mol. The van der Waals surface area contributed by atoms with Gasteiger partial charge in [-0.1, -0.05) is 23.7 Å². The van der Waals surface area contributed by atoms with Crippen molar-refractivity contribution in [2.45, 2.75) is 19.9 Å². The van der Waals surface area contributed by atoms with Gasteiger partial charge in [-0.05, 0) is 19.1 Å². The van der Waals surface area contributed by atoms with Crippen LogP contribution >= 0.6 is 11.6 Å². The van der Waals surface area contributed by atoms with Crippen molar-refractivity contribution < 1.29 is 19.2 Å². The van der Waals surface area contributed by atoms with Crippen molar-refractivity contribution in [1.29, 1.82) is 0 Å². The minimum atomic E-state index is -0.556. The van der Waals surface area contributed by atoms with Crippen molar-refractivity contribution >= 4 is 28.9 Å². The van der Waals surface area contributed by atoms with Gasteiger partial charge in [0.15, 0.2) is 11.5 Å². The van der Waals surface area contributed by atoms with Gasteiger partial charge in [-0.15, -0.1) is 0 Å². The molecule has 0 aliphatic heterocycles. The number of halogens is 1. The molecular weight excluding hydrogens is 412 g/mol. The van der Waals surface area contributed by atoms with Crippen LogP contribution < -0.4 is 14.8 Å². The van der Waals surface area contributed by atoms with E-state index in [1.165, 1.54) is 25.3 Å². The molecule has 0 aliphatic rings. The molecule has 3 aromatic rings. The van der Waals surface area contributed by atoms with Crippen LogP contribution in [0.25, 0.3) is 0 Å². The fourth-order valence-corrected chi connectivity index (χ4v) is 2.85. The van der Waals surface area contributed by atoms with Gasteiger partial charge in [0.2, 0.25) is 5.91 Å². The number of ether oxygens (including phenoxy) is 2. The van der Waals surface area contributed by atoms with Gasteiger partial charge in [-0.3, -0.25) is 19.6 Å². The molecule has 2 aromatic carbocycles. The van der Waals surface area contributed by atoms with Crippen LogP contribution in [0.4, 0.5) is 11.4 Å². The number of para-hydroxylation sites is 2. The first-order valence-electron chi connectivity index (χ1n) is 8.95. The Labute approximate surface area is 177 Å². The quantitative estimate of drug-likeness (QED) is 0.413. The van der Waals surface area contributed by atoms with E-state index in [0.29, 0.717) is 28.8 Å². The lowest BCUT2D eigenvalue weighted by Gasteiger charge is -2.12. The number of benzene rings is 2. The Morgan fingerprint density at radius 3 is 2.63 bits per heavy atom. The molecule has 0 bridgehead atoms. The lowest BCUT2D eigenvalue weighted by molar-refractivity contribution is -0.384. The molecule has 0 radical (unpaired) electrons. The normalized spacial score (nSPS) is 10.5. The van der Waals surface area contributed by atoms with E-state index in [-0.39, 0.29) is 29.5 Å². The topological polar surface area (TPSA) is 109 Å². The maximum atomic E-state index is 12.3. The number of nitrogens with zero attached hydrogens (tertiary/aromatic N) is 3. The zero-order chi connectivity index (χ0) is 21.7. The number of methoxy groups -OCH3 is 1. The number of hydrogen-bond donors (Lipinski definition) is 1. The number of carbonyl (C=O) groups excluding carboxylic acids is 1. The summed E-state index contributed by atoms with van der Waals surface area (Å²) in [5, 5.41) is 18.7. The Morgan fingerprint density at radius 1 is 1.27 bits per heavy atom. The molecule has 1 aromatic heterocycles. The predicted octanol–water partition coefficient (Wildman–Crippen LogP) is 4.58. The summed E-state index contributed by atoms with van der Waals surface area (Å²) >= 11 is 5.96. The molecular formula is C20H19ClN4O5. The molecule has 0 unspecified atom stereocenters. The first-order valence-corrected chi connectivity index (χ1v) is 9.33. The minimum Gasteiger partial charge on any atom is -0.493 e. The van der Waals surface area contributed by atoms with E-state index in [0.717, 1.165) is 0 Å². The molecule has 3 rings (SSSR count). The van der Waals surface area contributed by atoms with Gasteiger partial charge < -0.3 is 14.8 Å². The lowest BCUT2D eigenvalue weighted by atomic mass is 10.2. The van der Waals surface area contributed by atoms with Gasteiger partial charge in [0.05, 0.1) is 34.5 Å². The highest BCUT2D eigenvalue weighted by Crippen LogP contribution is 2.34. The maximum Gasteiger partial charge on any atom is 0.275 e. The summed E-state index contributed by atoms with van der Waals surface area (Å²) in [6.07, 6.45) is 1.75. The molecule has 1 N–H and O–H groups in total. The molecule has 1 heterocycles.